The van der Waals surface area contributed by atoms with Gasteiger partial charge in [-0.05, 0) is 24.6 Å². The van der Waals surface area contributed by atoms with Crippen molar-refractivity contribution in [3.05, 3.63) is 59.2 Å². The van der Waals surface area contributed by atoms with Gasteiger partial charge >= 0.3 is 0 Å². The van der Waals surface area contributed by atoms with Crippen LogP contribution in [0.5, 0.6) is 5.88 Å². The van der Waals surface area contributed by atoms with Crippen LogP contribution in [0.2, 0.25) is 5.02 Å². The van der Waals surface area contributed by atoms with Crippen molar-refractivity contribution < 1.29 is 22.5 Å². The van der Waals surface area contributed by atoms with Gasteiger partial charge in [-0.25, -0.2) is 4.98 Å². The number of quaternary nitrogens is 1. The standard InChI is InChI=1S/C16H19ClN2O.ClH/c1-13(12-14-6-3-2-4-7-14)18-10-11-20-16-15(17)8-5-9-19-16;/h2-9,13,18H,10-12H2,1H3;1H. The summed E-state index contributed by atoms with van der Waals surface area (Å²) >= 11 is 5.98. The quantitative estimate of drug-likeness (QED) is 0.684. The van der Waals surface area contributed by atoms with Crippen molar-refractivity contribution in [2.45, 2.75) is 19.4 Å². The molecule has 0 fully saturated rings. The number of nitrogens with zero attached hydrogens (tertiary/aromatic N) is 1. The maximum Gasteiger partial charge on any atom is 0.232 e. The zero-order valence-electron chi connectivity index (χ0n) is 12.0. The molecular formula is C16H20Cl2N2O. The molecule has 1 heterocycles. The molecule has 1 aromatic heterocycles. The van der Waals surface area contributed by atoms with E-state index in [4.69, 9.17) is 16.3 Å². The smallest absolute Gasteiger partial charge is 0.232 e. The number of benzene rings is 1. The normalized spacial score (nSPS) is 11.5. The van der Waals surface area contributed by atoms with E-state index in [1.165, 1.54) is 5.56 Å². The van der Waals surface area contributed by atoms with Gasteiger partial charge in [-0.1, -0.05) is 41.9 Å². The molecule has 5 heteroatoms. The summed E-state index contributed by atoms with van der Waals surface area (Å²) in [6.07, 6.45) is 2.74. The predicted octanol–water partition coefficient (Wildman–Crippen LogP) is -0.688. The maximum atomic E-state index is 5.98. The van der Waals surface area contributed by atoms with Gasteiger partial charge < -0.3 is 22.5 Å². The SMILES string of the molecule is CC(Cc1ccccc1)[NH2+]CCOc1ncccc1Cl.[Cl-]. The van der Waals surface area contributed by atoms with Crippen LogP contribution in [0.15, 0.2) is 48.7 Å². The average molecular weight is 327 g/mol. The van der Waals surface area contributed by atoms with E-state index in [2.05, 4.69) is 41.5 Å². The van der Waals surface area contributed by atoms with E-state index in [0.717, 1.165) is 13.0 Å². The fourth-order valence-corrected chi connectivity index (χ4v) is 2.23. The number of pyridine rings is 1. The molecule has 0 aliphatic carbocycles. The highest BCUT2D eigenvalue weighted by Gasteiger charge is 2.07. The van der Waals surface area contributed by atoms with E-state index in [9.17, 15) is 0 Å². The first-order valence-corrected chi connectivity index (χ1v) is 7.24. The Balaban J connectivity index is 0.00000220. The topological polar surface area (TPSA) is 38.7 Å². The van der Waals surface area contributed by atoms with Gasteiger partial charge in [0.2, 0.25) is 5.88 Å². The molecular weight excluding hydrogens is 307 g/mol. The van der Waals surface area contributed by atoms with Crippen LogP contribution in [-0.4, -0.2) is 24.2 Å². The lowest BCUT2D eigenvalue weighted by Crippen LogP contribution is -3.00. The fourth-order valence-electron chi connectivity index (χ4n) is 2.05. The van der Waals surface area contributed by atoms with Crippen LogP contribution in [0.1, 0.15) is 12.5 Å². The summed E-state index contributed by atoms with van der Waals surface area (Å²) in [7, 11) is 0. The zero-order valence-corrected chi connectivity index (χ0v) is 13.5. The van der Waals surface area contributed by atoms with Crippen LogP contribution in [0.3, 0.4) is 0 Å². The van der Waals surface area contributed by atoms with Crippen molar-refractivity contribution in [3.63, 3.8) is 0 Å². The Bertz CT molecular complexity index is 523. The second-order valence-electron chi connectivity index (χ2n) is 4.83. The Kier molecular flexibility index (Phi) is 8.13. The molecule has 0 spiro atoms. The van der Waals surface area contributed by atoms with Crippen molar-refractivity contribution in [2.24, 2.45) is 0 Å². The first-order chi connectivity index (χ1) is 9.75. The molecule has 3 nitrogen and oxygen atoms in total. The average Bonchev–Trinajstić information content (AvgIpc) is 2.46. The van der Waals surface area contributed by atoms with Crippen molar-refractivity contribution in [2.75, 3.05) is 13.2 Å². The van der Waals surface area contributed by atoms with Gasteiger partial charge in [0.1, 0.15) is 18.2 Å². The number of nitrogens with two attached hydrogens (primary N) is 1. The van der Waals surface area contributed by atoms with E-state index in [-0.39, 0.29) is 12.4 Å². The van der Waals surface area contributed by atoms with E-state index in [1.807, 2.05) is 6.07 Å². The number of halogens is 2. The fraction of sp³-hybridized carbons (Fsp3) is 0.312. The lowest BCUT2D eigenvalue weighted by atomic mass is 10.1. The van der Waals surface area contributed by atoms with Gasteiger partial charge in [-0.15, -0.1) is 0 Å². The Hall–Kier alpha value is -1.29. The summed E-state index contributed by atoms with van der Waals surface area (Å²) in [6.45, 7) is 3.72. The summed E-state index contributed by atoms with van der Waals surface area (Å²) in [5.74, 6) is 0.512. The molecule has 114 valence electrons. The van der Waals surface area contributed by atoms with Crippen LogP contribution < -0.4 is 22.5 Å². The molecule has 21 heavy (non-hydrogen) atoms. The Morgan fingerprint density at radius 3 is 2.67 bits per heavy atom. The summed E-state index contributed by atoms with van der Waals surface area (Å²) < 4.78 is 5.56. The number of rotatable bonds is 7. The molecule has 0 aliphatic rings. The van der Waals surface area contributed by atoms with Gasteiger partial charge in [0, 0.05) is 12.6 Å². The zero-order chi connectivity index (χ0) is 14.2. The van der Waals surface area contributed by atoms with Crippen molar-refractivity contribution >= 4 is 11.6 Å². The summed E-state index contributed by atoms with van der Waals surface area (Å²) in [5, 5.41) is 2.84. The largest absolute Gasteiger partial charge is 1.00 e. The first-order valence-electron chi connectivity index (χ1n) is 6.86. The third-order valence-corrected chi connectivity index (χ3v) is 3.34. The second kappa shape index (κ2) is 9.61. The first kappa shape index (κ1) is 17.8. The molecule has 0 radical (unpaired) electrons. The van der Waals surface area contributed by atoms with Gasteiger partial charge in [-0.3, -0.25) is 0 Å². The molecule has 1 aromatic carbocycles. The van der Waals surface area contributed by atoms with Crippen LogP contribution in [0.4, 0.5) is 0 Å². The van der Waals surface area contributed by atoms with Gasteiger partial charge in [0.25, 0.3) is 0 Å². The minimum Gasteiger partial charge on any atom is -1.00 e. The lowest BCUT2D eigenvalue weighted by molar-refractivity contribution is -0.686. The molecule has 2 rings (SSSR count). The molecule has 0 aliphatic heterocycles. The van der Waals surface area contributed by atoms with Crippen LogP contribution in [0.25, 0.3) is 0 Å². The Morgan fingerprint density at radius 2 is 1.95 bits per heavy atom. The maximum absolute atomic E-state index is 5.98. The number of aromatic nitrogens is 1. The second-order valence-corrected chi connectivity index (χ2v) is 5.24. The molecule has 2 aromatic rings. The van der Waals surface area contributed by atoms with Gasteiger partial charge in [0.15, 0.2) is 0 Å². The van der Waals surface area contributed by atoms with Crippen molar-refractivity contribution in [1.82, 2.24) is 4.98 Å². The number of ether oxygens (including phenoxy) is 1. The molecule has 2 N–H and O–H groups in total. The Labute approximate surface area is 137 Å². The molecule has 0 saturated heterocycles. The van der Waals surface area contributed by atoms with Crippen LogP contribution >= 0.6 is 11.6 Å². The highest BCUT2D eigenvalue weighted by Crippen LogP contribution is 2.19. The molecule has 0 amide bonds. The van der Waals surface area contributed by atoms with E-state index < -0.39 is 0 Å². The highest BCUT2D eigenvalue weighted by atomic mass is 35.5. The minimum atomic E-state index is 0. The third-order valence-electron chi connectivity index (χ3n) is 3.05. The third kappa shape index (κ3) is 6.34. The van der Waals surface area contributed by atoms with Gasteiger partial charge in [0.05, 0.1) is 6.04 Å². The van der Waals surface area contributed by atoms with Crippen LogP contribution in [-0.2, 0) is 6.42 Å². The van der Waals surface area contributed by atoms with Gasteiger partial charge in [-0.2, -0.15) is 0 Å². The molecule has 1 unspecified atom stereocenters. The summed E-state index contributed by atoms with van der Waals surface area (Å²) in [5.41, 5.74) is 1.37. The molecule has 1 atom stereocenters. The predicted molar refractivity (Wildman–Crippen MR) is 81.1 cm³/mol. The summed E-state index contributed by atoms with van der Waals surface area (Å²) in [4.78, 5) is 4.09. The monoisotopic (exact) mass is 326 g/mol. The Morgan fingerprint density at radius 1 is 1.19 bits per heavy atom. The van der Waals surface area contributed by atoms with E-state index >= 15 is 0 Å². The number of hydrogen-bond donors (Lipinski definition) is 1. The molecule has 0 bridgehead atoms. The van der Waals surface area contributed by atoms with E-state index in [1.54, 1.807) is 18.3 Å². The lowest BCUT2D eigenvalue weighted by Gasteiger charge is -2.11. The van der Waals surface area contributed by atoms with Crippen molar-refractivity contribution in [3.8, 4) is 5.88 Å². The number of hydrogen-bond acceptors (Lipinski definition) is 2. The van der Waals surface area contributed by atoms with Crippen LogP contribution in [0, 0.1) is 0 Å². The highest BCUT2D eigenvalue weighted by molar-refractivity contribution is 6.31. The minimum absolute atomic E-state index is 0. The van der Waals surface area contributed by atoms with E-state index in [0.29, 0.717) is 23.6 Å². The van der Waals surface area contributed by atoms with Crippen molar-refractivity contribution in [1.29, 1.82) is 0 Å². The molecule has 0 saturated carbocycles. The summed E-state index contributed by atoms with van der Waals surface area (Å²) in [6, 6.07) is 14.6.